The molecular weight excluding hydrogens is 378 g/mol. The van der Waals surface area contributed by atoms with Gasteiger partial charge in [-0.15, -0.1) is 0 Å². The van der Waals surface area contributed by atoms with Gasteiger partial charge in [0.25, 0.3) is 5.91 Å². The summed E-state index contributed by atoms with van der Waals surface area (Å²) in [6.07, 6.45) is 0. The molecule has 1 amide bonds. The normalized spacial score (nSPS) is 14.6. The fourth-order valence-corrected chi connectivity index (χ4v) is 4.61. The lowest BCUT2D eigenvalue weighted by Gasteiger charge is -2.34. The molecule has 28 heavy (non-hydrogen) atoms. The van der Waals surface area contributed by atoms with Gasteiger partial charge in [-0.05, 0) is 25.1 Å². The number of methoxy groups -OCH3 is 2. The number of piperazine rings is 1. The minimum atomic E-state index is 0.0235. The molecule has 1 aromatic carbocycles. The summed E-state index contributed by atoms with van der Waals surface area (Å²) in [5, 5.41) is 5.19. The van der Waals surface area contributed by atoms with Crippen LogP contribution in [0, 0.1) is 6.92 Å². The Morgan fingerprint density at radius 3 is 2.39 bits per heavy atom. The largest absolute Gasteiger partial charge is 0.495 e. The summed E-state index contributed by atoms with van der Waals surface area (Å²) in [7, 11) is 5.11. The van der Waals surface area contributed by atoms with Gasteiger partial charge in [0.2, 0.25) is 0 Å². The number of hydrogen-bond acceptors (Lipinski definition) is 7. The maximum absolute atomic E-state index is 12.8. The Kier molecular flexibility index (Phi) is 4.84. The molecule has 8 nitrogen and oxygen atoms in total. The van der Waals surface area contributed by atoms with Crippen LogP contribution in [-0.4, -0.2) is 66.0 Å². The fourth-order valence-electron chi connectivity index (χ4n) is 3.48. The molecule has 0 spiro atoms. The molecule has 3 heterocycles. The van der Waals surface area contributed by atoms with Crippen molar-refractivity contribution in [1.82, 2.24) is 19.7 Å². The van der Waals surface area contributed by atoms with E-state index >= 15 is 0 Å². The van der Waals surface area contributed by atoms with Gasteiger partial charge in [0.1, 0.15) is 27.4 Å². The van der Waals surface area contributed by atoms with Crippen LogP contribution in [0.15, 0.2) is 18.2 Å². The lowest BCUT2D eigenvalue weighted by molar-refractivity contribution is 0.0735. The number of ether oxygens (including phenoxy) is 2. The number of nitrogens with zero attached hydrogens (tertiary/aromatic N) is 5. The predicted molar refractivity (Wildman–Crippen MR) is 109 cm³/mol. The second-order valence-electron chi connectivity index (χ2n) is 6.72. The number of carbonyl (C=O) groups is 1. The molecule has 1 fully saturated rings. The molecular formula is C19H23N5O3S. The van der Waals surface area contributed by atoms with Crippen LogP contribution in [-0.2, 0) is 7.05 Å². The van der Waals surface area contributed by atoms with Crippen molar-refractivity contribution < 1.29 is 14.3 Å². The Morgan fingerprint density at radius 1 is 1.11 bits per heavy atom. The number of fused-ring (bicyclic) bond motifs is 1. The summed E-state index contributed by atoms with van der Waals surface area (Å²) in [5.41, 5.74) is 2.29. The quantitative estimate of drug-likeness (QED) is 0.668. The monoisotopic (exact) mass is 401 g/mol. The Balaban J connectivity index is 1.52. The summed E-state index contributed by atoms with van der Waals surface area (Å²) >= 11 is 1.59. The van der Waals surface area contributed by atoms with Crippen molar-refractivity contribution in [2.45, 2.75) is 6.92 Å². The third-order valence-electron chi connectivity index (χ3n) is 4.96. The van der Waals surface area contributed by atoms with Crippen molar-refractivity contribution in [3.8, 4) is 11.5 Å². The molecule has 0 bridgehead atoms. The zero-order valence-corrected chi connectivity index (χ0v) is 17.2. The number of thiazole rings is 1. The average Bonchev–Trinajstić information content (AvgIpc) is 3.30. The van der Waals surface area contributed by atoms with Crippen LogP contribution in [0.2, 0.25) is 0 Å². The second kappa shape index (κ2) is 7.31. The molecule has 1 aliphatic rings. The van der Waals surface area contributed by atoms with E-state index in [-0.39, 0.29) is 5.91 Å². The molecule has 0 saturated carbocycles. The van der Waals surface area contributed by atoms with E-state index in [0.717, 1.165) is 45.6 Å². The summed E-state index contributed by atoms with van der Waals surface area (Å²) in [6, 6.07) is 5.60. The Bertz CT molecular complexity index is 979. The van der Waals surface area contributed by atoms with Crippen molar-refractivity contribution in [3.63, 3.8) is 0 Å². The molecule has 0 aliphatic carbocycles. The van der Waals surface area contributed by atoms with E-state index in [9.17, 15) is 4.79 Å². The molecule has 0 atom stereocenters. The van der Waals surface area contributed by atoms with E-state index in [1.807, 2.05) is 30.0 Å². The fraction of sp³-hybridized carbons (Fsp3) is 0.421. The van der Waals surface area contributed by atoms with Gasteiger partial charge in [0, 0.05) is 33.2 Å². The minimum absolute atomic E-state index is 0.0235. The molecule has 0 N–H and O–H groups in total. The first-order chi connectivity index (χ1) is 13.5. The zero-order valence-electron chi connectivity index (χ0n) is 16.4. The number of anilines is 1. The third-order valence-corrected chi connectivity index (χ3v) is 6.09. The summed E-state index contributed by atoms with van der Waals surface area (Å²) in [4.78, 5) is 21.7. The number of aryl methyl sites for hydroxylation is 2. The van der Waals surface area contributed by atoms with Gasteiger partial charge in [-0.3, -0.25) is 9.48 Å². The first-order valence-electron chi connectivity index (χ1n) is 9.08. The van der Waals surface area contributed by atoms with E-state index in [1.165, 1.54) is 0 Å². The molecule has 0 radical (unpaired) electrons. The maximum atomic E-state index is 12.8. The summed E-state index contributed by atoms with van der Waals surface area (Å²) in [6.45, 7) is 4.64. The van der Waals surface area contributed by atoms with Crippen LogP contribution >= 0.6 is 11.3 Å². The molecule has 0 unspecified atom stereocenters. The molecule has 148 valence electrons. The van der Waals surface area contributed by atoms with E-state index < -0.39 is 0 Å². The van der Waals surface area contributed by atoms with Gasteiger partial charge in [0.15, 0.2) is 5.13 Å². The van der Waals surface area contributed by atoms with Crippen molar-refractivity contribution in [3.05, 3.63) is 29.6 Å². The smallest absolute Gasteiger partial charge is 0.272 e. The maximum Gasteiger partial charge on any atom is 0.272 e. The highest BCUT2D eigenvalue weighted by Crippen LogP contribution is 2.40. The van der Waals surface area contributed by atoms with Crippen LogP contribution in [0.25, 0.3) is 10.2 Å². The number of aromatic nitrogens is 3. The molecule has 1 aliphatic heterocycles. The van der Waals surface area contributed by atoms with Crippen LogP contribution < -0.4 is 14.4 Å². The van der Waals surface area contributed by atoms with Crippen LogP contribution in [0.1, 0.15) is 16.2 Å². The van der Waals surface area contributed by atoms with Crippen LogP contribution in [0.3, 0.4) is 0 Å². The van der Waals surface area contributed by atoms with Crippen molar-refractivity contribution in [1.29, 1.82) is 0 Å². The van der Waals surface area contributed by atoms with E-state index in [1.54, 1.807) is 37.3 Å². The number of hydrogen-bond donors (Lipinski definition) is 0. The Labute approximate surface area is 167 Å². The van der Waals surface area contributed by atoms with Crippen LogP contribution in [0.5, 0.6) is 11.5 Å². The molecule has 3 aromatic rings. The SMILES string of the molecule is COc1ccc(OC)c2sc(N3CCN(C(=O)c4cc(C)nn4C)CC3)nc12. The van der Waals surface area contributed by atoms with E-state index in [4.69, 9.17) is 14.5 Å². The molecule has 2 aromatic heterocycles. The highest BCUT2D eigenvalue weighted by molar-refractivity contribution is 7.22. The molecule has 9 heteroatoms. The Morgan fingerprint density at radius 2 is 1.79 bits per heavy atom. The summed E-state index contributed by atoms with van der Waals surface area (Å²) < 4.78 is 13.5. The van der Waals surface area contributed by atoms with Gasteiger partial charge in [-0.2, -0.15) is 5.10 Å². The molecule has 4 rings (SSSR count). The lowest BCUT2D eigenvalue weighted by Crippen LogP contribution is -2.49. The number of amides is 1. The highest BCUT2D eigenvalue weighted by Gasteiger charge is 2.26. The molecule has 1 saturated heterocycles. The van der Waals surface area contributed by atoms with E-state index in [0.29, 0.717) is 18.8 Å². The van der Waals surface area contributed by atoms with Gasteiger partial charge < -0.3 is 19.3 Å². The van der Waals surface area contributed by atoms with E-state index in [2.05, 4.69) is 10.00 Å². The number of carbonyl (C=O) groups excluding carboxylic acids is 1. The third kappa shape index (κ3) is 3.15. The van der Waals surface area contributed by atoms with Gasteiger partial charge in [-0.25, -0.2) is 4.98 Å². The van der Waals surface area contributed by atoms with Crippen molar-refractivity contribution in [2.24, 2.45) is 7.05 Å². The zero-order chi connectivity index (χ0) is 19.8. The minimum Gasteiger partial charge on any atom is -0.495 e. The number of rotatable bonds is 4. The van der Waals surface area contributed by atoms with Gasteiger partial charge >= 0.3 is 0 Å². The predicted octanol–water partition coefficient (Wildman–Crippen LogP) is 2.32. The highest BCUT2D eigenvalue weighted by atomic mass is 32.1. The lowest BCUT2D eigenvalue weighted by atomic mass is 10.2. The Hall–Kier alpha value is -2.81. The number of benzene rings is 1. The van der Waals surface area contributed by atoms with Gasteiger partial charge in [0.05, 0.1) is 19.9 Å². The van der Waals surface area contributed by atoms with Gasteiger partial charge in [-0.1, -0.05) is 11.3 Å². The van der Waals surface area contributed by atoms with Crippen LogP contribution in [0.4, 0.5) is 5.13 Å². The summed E-state index contributed by atoms with van der Waals surface area (Å²) in [5.74, 6) is 1.55. The topological polar surface area (TPSA) is 72.7 Å². The van der Waals surface area contributed by atoms with Crippen molar-refractivity contribution in [2.75, 3.05) is 45.3 Å². The first kappa shape index (κ1) is 18.5. The first-order valence-corrected chi connectivity index (χ1v) is 9.90. The average molecular weight is 401 g/mol. The van der Waals surface area contributed by atoms with Crippen molar-refractivity contribution >= 4 is 32.6 Å². The second-order valence-corrected chi connectivity index (χ2v) is 7.70. The standard InChI is InChI=1S/C19H23N5O3S/c1-12-11-13(22(2)21-12)18(25)23-7-9-24(10-8-23)19-20-16-14(26-3)5-6-15(27-4)17(16)28-19/h5-6,11H,7-10H2,1-4H3.